The number of aromatic nitrogens is 2. The molecular formula is C27H39N5O2S. The molecule has 2 aromatic heterocycles. The van der Waals surface area contributed by atoms with E-state index in [1.54, 1.807) is 0 Å². The van der Waals surface area contributed by atoms with Gasteiger partial charge in [0.05, 0.1) is 17.2 Å². The van der Waals surface area contributed by atoms with E-state index in [0.717, 1.165) is 37.3 Å². The van der Waals surface area contributed by atoms with Crippen LogP contribution in [0.2, 0.25) is 0 Å². The van der Waals surface area contributed by atoms with Crippen LogP contribution in [0, 0.1) is 5.92 Å². The van der Waals surface area contributed by atoms with Gasteiger partial charge in [-0.1, -0.05) is 26.8 Å². The number of anilines is 2. The van der Waals surface area contributed by atoms with Gasteiger partial charge in [-0.25, -0.2) is 9.97 Å². The highest BCUT2D eigenvalue weighted by Gasteiger charge is 2.41. The highest BCUT2D eigenvalue weighted by molar-refractivity contribution is 7.97. The maximum Gasteiger partial charge on any atom is 0.265 e. The Bertz CT molecular complexity index is 1090. The number of hydrogen-bond acceptors (Lipinski definition) is 7. The van der Waals surface area contributed by atoms with Gasteiger partial charge in [-0.2, -0.15) is 0 Å². The van der Waals surface area contributed by atoms with E-state index in [1.165, 1.54) is 11.9 Å². The van der Waals surface area contributed by atoms with Crippen molar-refractivity contribution in [2.75, 3.05) is 16.8 Å². The van der Waals surface area contributed by atoms with Crippen LogP contribution >= 0.6 is 11.9 Å². The van der Waals surface area contributed by atoms with Crippen LogP contribution in [0.15, 0.2) is 35.4 Å². The van der Waals surface area contributed by atoms with Gasteiger partial charge in [0.2, 0.25) is 0 Å². The molecule has 35 heavy (non-hydrogen) atoms. The summed E-state index contributed by atoms with van der Waals surface area (Å²) in [6.45, 7) is 15.4. The summed E-state index contributed by atoms with van der Waals surface area (Å²) in [5.41, 5.74) is 0.372. The zero-order valence-corrected chi connectivity index (χ0v) is 22.8. The Morgan fingerprint density at radius 1 is 1.09 bits per heavy atom. The van der Waals surface area contributed by atoms with Gasteiger partial charge < -0.3 is 15.3 Å². The van der Waals surface area contributed by atoms with Crippen LogP contribution in [0.5, 0.6) is 0 Å². The van der Waals surface area contributed by atoms with Gasteiger partial charge in [-0.15, -0.1) is 0 Å². The lowest BCUT2D eigenvalue weighted by Crippen LogP contribution is -2.42. The fourth-order valence-corrected chi connectivity index (χ4v) is 5.69. The summed E-state index contributed by atoms with van der Waals surface area (Å²) in [4.78, 5) is 25.4. The minimum atomic E-state index is -0.906. The summed E-state index contributed by atoms with van der Waals surface area (Å²) in [5, 5.41) is 15.0. The Labute approximate surface area is 213 Å². The van der Waals surface area contributed by atoms with Crippen molar-refractivity contribution >= 4 is 29.5 Å². The summed E-state index contributed by atoms with van der Waals surface area (Å²) in [7, 11) is 0. The first-order chi connectivity index (χ1) is 16.2. The third kappa shape index (κ3) is 5.75. The van der Waals surface area contributed by atoms with Crippen LogP contribution in [0.25, 0.3) is 0 Å². The molecule has 3 N–H and O–H groups in total. The van der Waals surface area contributed by atoms with Crippen molar-refractivity contribution in [3.05, 3.63) is 41.6 Å². The molecule has 1 amide bonds. The minimum absolute atomic E-state index is 0.128. The van der Waals surface area contributed by atoms with Crippen molar-refractivity contribution < 1.29 is 9.90 Å². The molecule has 0 aliphatic carbocycles. The first kappa shape index (κ1) is 25.8. The third-order valence-corrected chi connectivity index (χ3v) is 7.84. The molecule has 8 heteroatoms. The quantitative estimate of drug-likeness (QED) is 0.469. The number of nitrogens with one attached hydrogen (secondary N) is 2. The molecule has 2 atom stereocenters. The second-order valence-electron chi connectivity index (χ2n) is 12.1. The average Bonchev–Trinajstić information content (AvgIpc) is 3.06. The molecule has 0 aromatic carbocycles. The van der Waals surface area contributed by atoms with Gasteiger partial charge in [0.1, 0.15) is 16.7 Å². The smallest absolute Gasteiger partial charge is 0.265 e. The SMILES string of the molecule is CC(C)(C)c1ccc2c(n1)N1CC(CCC(C(C)(C)O)Nc3cccc(n3)SNC2=O)CC1(C)C. The standard InChI is InChI=1S/C27H39N5O2S/c1-25(2,3)19-14-12-18-23(29-19)32-16-17(15-26(32,4)5)11-13-20(27(6,7)34)28-21-9-8-10-22(30-21)35-31-24(18)33/h8-10,12,14,17,20,34H,11,13,15-16H2,1-7H3,(H,28,30)(H,31,33). The molecule has 2 unspecified atom stereocenters. The third-order valence-electron chi connectivity index (χ3n) is 7.11. The predicted molar refractivity (Wildman–Crippen MR) is 143 cm³/mol. The van der Waals surface area contributed by atoms with E-state index >= 15 is 0 Å². The fraction of sp³-hybridized carbons (Fsp3) is 0.593. The summed E-state index contributed by atoms with van der Waals surface area (Å²) >= 11 is 1.19. The Balaban J connectivity index is 1.77. The Kier molecular flexibility index (Phi) is 6.83. The number of carbonyl (C=O) groups excluding carboxylic acids is 1. The molecular weight excluding hydrogens is 458 g/mol. The van der Waals surface area contributed by atoms with E-state index < -0.39 is 5.60 Å². The van der Waals surface area contributed by atoms with Crippen LogP contribution in [-0.4, -0.2) is 44.7 Å². The van der Waals surface area contributed by atoms with E-state index in [2.05, 4.69) is 54.5 Å². The van der Waals surface area contributed by atoms with Gasteiger partial charge in [-0.05, 0) is 77.1 Å². The first-order valence-electron chi connectivity index (χ1n) is 12.5. The molecule has 0 spiro atoms. The predicted octanol–water partition coefficient (Wildman–Crippen LogP) is 5.16. The Morgan fingerprint density at radius 2 is 1.83 bits per heavy atom. The molecule has 2 aliphatic heterocycles. The summed E-state index contributed by atoms with van der Waals surface area (Å²) in [6, 6.07) is 9.40. The second kappa shape index (κ2) is 9.28. The second-order valence-corrected chi connectivity index (χ2v) is 13.0. The van der Waals surface area contributed by atoms with E-state index in [0.29, 0.717) is 22.3 Å². The number of aliphatic hydroxyl groups is 1. The number of hydrogen-bond donors (Lipinski definition) is 3. The highest BCUT2D eigenvalue weighted by Crippen LogP contribution is 2.41. The number of amides is 1. The van der Waals surface area contributed by atoms with Gasteiger partial charge in [-0.3, -0.25) is 9.52 Å². The Morgan fingerprint density at radius 3 is 2.51 bits per heavy atom. The zero-order chi connectivity index (χ0) is 25.6. The number of nitrogens with zero attached hydrogens (tertiary/aromatic N) is 3. The lowest BCUT2D eigenvalue weighted by Gasteiger charge is -2.34. The van der Waals surface area contributed by atoms with Crippen LogP contribution in [0.4, 0.5) is 11.6 Å². The van der Waals surface area contributed by atoms with Crippen molar-refractivity contribution in [1.29, 1.82) is 0 Å². The van der Waals surface area contributed by atoms with Gasteiger partial charge in [0.25, 0.3) is 5.91 Å². The van der Waals surface area contributed by atoms with Crippen molar-refractivity contribution in [2.45, 2.75) is 95.4 Å². The fourth-order valence-electron chi connectivity index (χ4n) is 5.09. The maximum absolute atomic E-state index is 13.4. The van der Waals surface area contributed by atoms with Crippen molar-refractivity contribution in [2.24, 2.45) is 5.92 Å². The molecule has 7 nitrogen and oxygen atoms in total. The number of fused-ring (bicyclic) bond motifs is 6. The maximum atomic E-state index is 13.4. The molecule has 0 saturated carbocycles. The topological polar surface area (TPSA) is 90.4 Å². The van der Waals surface area contributed by atoms with Gasteiger partial charge in [0.15, 0.2) is 0 Å². The Hall–Kier alpha value is -2.32. The van der Waals surface area contributed by atoms with Crippen LogP contribution < -0.4 is 14.9 Å². The molecule has 0 radical (unpaired) electrons. The molecule has 1 saturated heterocycles. The molecule has 190 valence electrons. The molecule has 1 fully saturated rings. The van der Waals surface area contributed by atoms with Crippen LogP contribution in [0.1, 0.15) is 83.8 Å². The summed E-state index contributed by atoms with van der Waals surface area (Å²) in [5.74, 6) is 1.68. The molecule has 2 aromatic rings. The van der Waals surface area contributed by atoms with Crippen LogP contribution in [0.3, 0.4) is 0 Å². The molecule has 4 heterocycles. The number of rotatable bonds is 1. The normalized spacial score (nSPS) is 23.0. The number of pyridine rings is 2. The monoisotopic (exact) mass is 497 g/mol. The molecule has 4 rings (SSSR count). The lowest BCUT2D eigenvalue weighted by atomic mass is 9.88. The summed E-state index contributed by atoms with van der Waals surface area (Å²) in [6.07, 6.45) is 2.77. The van der Waals surface area contributed by atoms with Gasteiger partial charge in [0, 0.05) is 35.1 Å². The number of carbonyl (C=O) groups is 1. The van der Waals surface area contributed by atoms with E-state index in [1.807, 2.05) is 44.2 Å². The van der Waals surface area contributed by atoms with Crippen molar-refractivity contribution in [3.8, 4) is 0 Å². The van der Waals surface area contributed by atoms with Crippen molar-refractivity contribution in [3.63, 3.8) is 0 Å². The lowest BCUT2D eigenvalue weighted by molar-refractivity contribution is 0.0542. The van der Waals surface area contributed by atoms with E-state index in [-0.39, 0.29) is 22.9 Å². The van der Waals surface area contributed by atoms with Gasteiger partial charge >= 0.3 is 0 Å². The highest BCUT2D eigenvalue weighted by atomic mass is 32.2. The van der Waals surface area contributed by atoms with Crippen molar-refractivity contribution in [1.82, 2.24) is 14.7 Å². The van der Waals surface area contributed by atoms with Crippen LogP contribution in [-0.2, 0) is 5.41 Å². The molecule has 2 aliphatic rings. The first-order valence-corrected chi connectivity index (χ1v) is 13.3. The van der Waals surface area contributed by atoms with E-state index in [4.69, 9.17) is 4.98 Å². The largest absolute Gasteiger partial charge is 0.388 e. The minimum Gasteiger partial charge on any atom is -0.388 e. The summed E-state index contributed by atoms with van der Waals surface area (Å²) < 4.78 is 2.97. The molecule has 4 bridgehead atoms. The zero-order valence-electron chi connectivity index (χ0n) is 22.0. The van der Waals surface area contributed by atoms with E-state index in [9.17, 15) is 9.90 Å². The average molecular weight is 498 g/mol.